The van der Waals surface area contributed by atoms with E-state index in [0.717, 1.165) is 5.56 Å². The maximum absolute atomic E-state index is 13.3. The highest BCUT2D eigenvalue weighted by molar-refractivity contribution is 6.32. The van der Waals surface area contributed by atoms with Gasteiger partial charge in [0, 0.05) is 24.5 Å². The lowest BCUT2D eigenvalue weighted by Gasteiger charge is -2.18. The zero-order valence-corrected chi connectivity index (χ0v) is 11.3. The van der Waals surface area contributed by atoms with Gasteiger partial charge in [0.25, 0.3) is 5.56 Å². The number of pyridine rings is 1. The van der Waals surface area contributed by atoms with Gasteiger partial charge in [-0.25, -0.2) is 9.37 Å². The molecule has 1 fully saturated rings. The molecule has 3 heterocycles. The highest BCUT2D eigenvalue weighted by Crippen LogP contribution is 2.26. The number of aromatic amines is 1. The van der Waals surface area contributed by atoms with Crippen molar-refractivity contribution < 1.29 is 4.39 Å². The first-order valence-electron chi connectivity index (χ1n) is 6.24. The largest absolute Gasteiger partial charge is 0.352 e. The molecule has 1 atom stereocenters. The molecule has 7 heteroatoms. The quantitative estimate of drug-likeness (QED) is 0.920. The summed E-state index contributed by atoms with van der Waals surface area (Å²) < 4.78 is 13.3. The molecular formula is C13H12ClFN4O. The van der Waals surface area contributed by atoms with Crippen LogP contribution in [0, 0.1) is 0 Å². The van der Waals surface area contributed by atoms with Crippen LogP contribution in [0.4, 0.5) is 10.2 Å². The number of hydrogen-bond acceptors (Lipinski definition) is 4. The molecule has 3 rings (SSSR count). The summed E-state index contributed by atoms with van der Waals surface area (Å²) in [6, 6.07) is 3.47. The summed E-state index contributed by atoms with van der Waals surface area (Å²) in [5.41, 5.74) is 0.303. The van der Waals surface area contributed by atoms with E-state index >= 15 is 0 Å². The number of aromatic nitrogens is 3. The van der Waals surface area contributed by atoms with Crippen LogP contribution in [-0.2, 0) is 0 Å². The molecule has 5 nitrogen and oxygen atoms in total. The lowest BCUT2D eigenvalue weighted by molar-refractivity contribution is 0.364. The van der Waals surface area contributed by atoms with Crippen LogP contribution in [0.3, 0.4) is 0 Å². The van der Waals surface area contributed by atoms with Gasteiger partial charge in [0.05, 0.1) is 6.54 Å². The highest BCUT2D eigenvalue weighted by Gasteiger charge is 2.26. The lowest BCUT2D eigenvalue weighted by atomic mass is 10.2. The van der Waals surface area contributed by atoms with E-state index in [-0.39, 0.29) is 11.6 Å². The van der Waals surface area contributed by atoms with Crippen molar-refractivity contribution in [2.45, 2.75) is 12.6 Å². The zero-order valence-electron chi connectivity index (χ0n) is 10.5. The van der Waals surface area contributed by atoms with Crippen LogP contribution < -0.4 is 10.5 Å². The Morgan fingerprint density at radius 2 is 2.15 bits per heavy atom. The molecule has 1 aliphatic heterocycles. The zero-order chi connectivity index (χ0) is 14.1. The average molecular weight is 295 g/mol. The van der Waals surface area contributed by atoms with Gasteiger partial charge in [-0.05, 0) is 18.6 Å². The van der Waals surface area contributed by atoms with E-state index in [1.807, 2.05) is 0 Å². The first-order valence-corrected chi connectivity index (χ1v) is 6.62. The van der Waals surface area contributed by atoms with E-state index < -0.39 is 11.7 Å². The van der Waals surface area contributed by atoms with Gasteiger partial charge in [-0.15, -0.1) is 0 Å². The molecule has 1 N–H and O–H groups in total. The molecule has 0 aromatic carbocycles. The Balaban J connectivity index is 2.06. The number of nitrogens with zero attached hydrogens (tertiary/aromatic N) is 3. The normalized spacial score (nSPS) is 18.5. The molecule has 20 heavy (non-hydrogen) atoms. The van der Waals surface area contributed by atoms with Crippen molar-refractivity contribution in [2.75, 3.05) is 18.0 Å². The third kappa shape index (κ3) is 2.38. The summed E-state index contributed by atoms with van der Waals surface area (Å²) in [4.78, 5) is 24.5. The Labute approximate surface area is 119 Å². The number of alkyl halides is 1. The molecule has 0 radical (unpaired) electrons. The smallest absolute Gasteiger partial charge is 0.272 e. The Hall–Kier alpha value is -1.95. The second-order valence-corrected chi connectivity index (χ2v) is 5.00. The lowest BCUT2D eigenvalue weighted by Crippen LogP contribution is -2.25. The maximum Gasteiger partial charge on any atom is 0.272 e. The number of H-pyrrole nitrogens is 1. The molecule has 0 bridgehead atoms. The van der Waals surface area contributed by atoms with Crippen molar-refractivity contribution in [1.29, 1.82) is 0 Å². The molecule has 0 saturated carbocycles. The van der Waals surface area contributed by atoms with Gasteiger partial charge in [-0.2, -0.15) is 0 Å². The van der Waals surface area contributed by atoms with Crippen molar-refractivity contribution >= 4 is 17.4 Å². The van der Waals surface area contributed by atoms with Crippen molar-refractivity contribution in [3.05, 3.63) is 39.9 Å². The molecule has 1 saturated heterocycles. The van der Waals surface area contributed by atoms with Gasteiger partial charge < -0.3 is 9.88 Å². The maximum atomic E-state index is 13.3. The standard InChI is InChI=1S/C13H12ClFN4O/c14-10-12(19-6-3-9(15)7-19)17-11(18-13(10)20)8-1-4-16-5-2-8/h1-2,4-5,9H,3,6-7H2,(H,17,18,20)/t9-/m1/s1. The Morgan fingerprint density at radius 3 is 2.80 bits per heavy atom. The summed E-state index contributed by atoms with van der Waals surface area (Å²) in [7, 11) is 0. The van der Waals surface area contributed by atoms with Gasteiger partial charge in [0.1, 0.15) is 17.0 Å². The van der Waals surface area contributed by atoms with Crippen LogP contribution in [0.15, 0.2) is 29.3 Å². The van der Waals surface area contributed by atoms with Crippen LogP contribution in [-0.4, -0.2) is 34.2 Å². The third-order valence-corrected chi connectivity index (χ3v) is 3.57. The number of nitrogens with one attached hydrogen (secondary N) is 1. The van der Waals surface area contributed by atoms with Crippen molar-refractivity contribution in [3.63, 3.8) is 0 Å². The van der Waals surface area contributed by atoms with Crippen LogP contribution >= 0.6 is 11.6 Å². The van der Waals surface area contributed by atoms with E-state index in [1.54, 1.807) is 29.4 Å². The predicted molar refractivity (Wildman–Crippen MR) is 74.8 cm³/mol. The fraction of sp³-hybridized carbons (Fsp3) is 0.308. The fourth-order valence-corrected chi connectivity index (χ4v) is 2.42. The molecule has 2 aromatic rings. The van der Waals surface area contributed by atoms with E-state index in [9.17, 15) is 9.18 Å². The molecular weight excluding hydrogens is 283 g/mol. The van der Waals surface area contributed by atoms with Gasteiger partial charge in [-0.3, -0.25) is 9.78 Å². The average Bonchev–Trinajstić information content (AvgIpc) is 2.89. The van der Waals surface area contributed by atoms with E-state index in [2.05, 4.69) is 15.0 Å². The molecule has 1 aliphatic rings. The number of hydrogen-bond donors (Lipinski definition) is 1. The van der Waals surface area contributed by atoms with Crippen LogP contribution in [0.5, 0.6) is 0 Å². The number of halogens is 2. The minimum absolute atomic E-state index is 0.00286. The summed E-state index contributed by atoms with van der Waals surface area (Å²) in [6.07, 6.45) is 2.74. The highest BCUT2D eigenvalue weighted by atomic mass is 35.5. The Bertz CT molecular complexity index is 676. The van der Waals surface area contributed by atoms with E-state index in [4.69, 9.17) is 11.6 Å². The van der Waals surface area contributed by atoms with Crippen LogP contribution in [0.1, 0.15) is 6.42 Å². The van der Waals surface area contributed by atoms with Crippen LogP contribution in [0.2, 0.25) is 5.02 Å². The summed E-state index contributed by atoms with van der Waals surface area (Å²) in [6.45, 7) is 0.721. The topological polar surface area (TPSA) is 61.9 Å². The SMILES string of the molecule is O=c1[nH]c(-c2ccncc2)nc(N2CC[C@@H](F)C2)c1Cl. The molecule has 0 aliphatic carbocycles. The first-order chi connectivity index (χ1) is 9.65. The van der Waals surface area contributed by atoms with Crippen LogP contribution in [0.25, 0.3) is 11.4 Å². The third-order valence-electron chi connectivity index (χ3n) is 3.23. The summed E-state index contributed by atoms with van der Waals surface area (Å²) in [5.74, 6) is 0.737. The van der Waals surface area contributed by atoms with Gasteiger partial charge in [0.15, 0.2) is 5.82 Å². The van der Waals surface area contributed by atoms with E-state index in [1.165, 1.54) is 0 Å². The first kappa shape index (κ1) is 13.1. The predicted octanol–water partition coefficient (Wildman–Crippen LogP) is 2.03. The van der Waals surface area contributed by atoms with Crippen molar-refractivity contribution in [2.24, 2.45) is 0 Å². The van der Waals surface area contributed by atoms with Gasteiger partial charge >= 0.3 is 0 Å². The van der Waals surface area contributed by atoms with Gasteiger partial charge in [0.2, 0.25) is 0 Å². The van der Waals surface area contributed by atoms with Crippen molar-refractivity contribution in [3.8, 4) is 11.4 Å². The summed E-state index contributed by atoms with van der Waals surface area (Å²) in [5, 5.41) is -0.00286. The number of rotatable bonds is 2. The minimum atomic E-state index is -0.906. The molecule has 104 valence electrons. The van der Waals surface area contributed by atoms with Crippen molar-refractivity contribution in [1.82, 2.24) is 15.0 Å². The molecule has 0 unspecified atom stereocenters. The molecule has 0 amide bonds. The fourth-order valence-electron chi connectivity index (χ4n) is 2.21. The number of anilines is 1. The molecule has 0 spiro atoms. The Kier molecular flexibility index (Phi) is 3.40. The monoisotopic (exact) mass is 294 g/mol. The van der Waals surface area contributed by atoms with Gasteiger partial charge in [-0.1, -0.05) is 11.6 Å². The minimum Gasteiger partial charge on any atom is -0.352 e. The Morgan fingerprint density at radius 1 is 1.40 bits per heavy atom. The summed E-state index contributed by atoms with van der Waals surface area (Å²) >= 11 is 6.00. The molecule has 2 aromatic heterocycles. The van der Waals surface area contributed by atoms with E-state index in [0.29, 0.717) is 24.6 Å². The second kappa shape index (κ2) is 5.20. The second-order valence-electron chi connectivity index (χ2n) is 4.62.